The van der Waals surface area contributed by atoms with Gasteiger partial charge >= 0.3 is 0 Å². The van der Waals surface area contributed by atoms with Crippen molar-refractivity contribution >= 4 is 27.7 Å². The van der Waals surface area contributed by atoms with Crippen LogP contribution in [-0.4, -0.2) is 20.5 Å². The average molecular weight is 380 g/mol. The van der Waals surface area contributed by atoms with Crippen LogP contribution in [0, 0.1) is 17.6 Å². The van der Waals surface area contributed by atoms with Crippen LogP contribution in [0.5, 0.6) is 0 Å². The van der Waals surface area contributed by atoms with Crippen molar-refractivity contribution in [1.82, 2.24) is 9.78 Å². The van der Waals surface area contributed by atoms with E-state index in [0.29, 0.717) is 0 Å². The number of halogens is 3. The van der Waals surface area contributed by atoms with E-state index in [4.69, 9.17) is 0 Å². The lowest BCUT2D eigenvalue weighted by Gasteiger charge is -2.17. The number of carbonyl (C=O) groups is 1. The molecule has 1 aliphatic carbocycles. The summed E-state index contributed by atoms with van der Waals surface area (Å²) in [6.07, 6.45) is 8.74. The number of allylic oxidation sites excluding steroid dienone is 3. The van der Waals surface area contributed by atoms with Gasteiger partial charge in [-0.25, -0.2) is 13.5 Å². The van der Waals surface area contributed by atoms with Crippen LogP contribution in [0.2, 0.25) is 0 Å². The molecule has 0 fully saturated rings. The van der Waals surface area contributed by atoms with Crippen molar-refractivity contribution in [3.8, 4) is 5.69 Å². The second kappa shape index (κ2) is 6.45. The molecule has 118 valence electrons. The maximum absolute atomic E-state index is 13.8. The molecule has 2 aromatic rings. The molecule has 23 heavy (non-hydrogen) atoms. The largest absolute Gasteiger partial charge is 0.309 e. The summed E-state index contributed by atoms with van der Waals surface area (Å²) in [4.78, 5) is 12.1. The van der Waals surface area contributed by atoms with Gasteiger partial charge in [0.25, 0.3) is 0 Å². The standard InChI is InChI=1S/C16H12BrF2N3O/c17-11-5-2-1-4-10(11)16(23)20-14-8-9-22(21-14)13-7-3-6-12(18)15(13)19/h1-11H,(H,20,21,23). The summed E-state index contributed by atoms with van der Waals surface area (Å²) >= 11 is 3.41. The molecule has 0 saturated carbocycles. The Hall–Kier alpha value is -2.28. The zero-order valence-electron chi connectivity index (χ0n) is 11.8. The van der Waals surface area contributed by atoms with Crippen LogP contribution in [0.15, 0.2) is 54.8 Å². The zero-order chi connectivity index (χ0) is 16.4. The van der Waals surface area contributed by atoms with Gasteiger partial charge in [-0.3, -0.25) is 4.79 Å². The number of amides is 1. The van der Waals surface area contributed by atoms with E-state index in [9.17, 15) is 13.6 Å². The summed E-state index contributed by atoms with van der Waals surface area (Å²) in [5.74, 6) is -2.28. The van der Waals surface area contributed by atoms with Gasteiger partial charge in [0.15, 0.2) is 17.5 Å². The summed E-state index contributed by atoms with van der Waals surface area (Å²) in [5.41, 5.74) is -0.0237. The number of alkyl halides is 1. The van der Waals surface area contributed by atoms with Crippen LogP contribution in [0.4, 0.5) is 14.6 Å². The van der Waals surface area contributed by atoms with Crippen LogP contribution < -0.4 is 5.32 Å². The SMILES string of the molecule is O=C(Nc1ccn(-c2cccc(F)c2F)n1)C1C=CC=CC1Br. The Morgan fingerprint density at radius 3 is 2.78 bits per heavy atom. The van der Waals surface area contributed by atoms with Crippen LogP contribution in [0.1, 0.15) is 0 Å². The molecule has 0 spiro atoms. The second-order valence-corrected chi connectivity index (χ2v) is 6.01. The minimum atomic E-state index is -0.991. The maximum Gasteiger partial charge on any atom is 0.233 e. The fourth-order valence-corrected chi connectivity index (χ4v) is 2.81. The Morgan fingerprint density at radius 2 is 2.00 bits per heavy atom. The highest BCUT2D eigenvalue weighted by molar-refractivity contribution is 9.09. The van der Waals surface area contributed by atoms with Crippen molar-refractivity contribution in [2.45, 2.75) is 4.83 Å². The van der Waals surface area contributed by atoms with E-state index in [-0.39, 0.29) is 28.2 Å². The van der Waals surface area contributed by atoms with Gasteiger partial charge in [-0.15, -0.1) is 5.10 Å². The third-order valence-corrected chi connectivity index (χ3v) is 4.26. The van der Waals surface area contributed by atoms with Gasteiger partial charge in [0, 0.05) is 17.1 Å². The van der Waals surface area contributed by atoms with Crippen molar-refractivity contribution in [1.29, 1.82) is 0 Å². The van der Waals surface area contributed by atoms with Crippen LogP contribution in [0.3, 0.4) is 0 Å². The topological polar surface area (TPSA) is 46.9 Å². The maximum atomic E-state index is 13.8. The molecule has 0 radical (unpaired) electrons. The van der Waals surface area contributed by atoms with Gasteiger partial charge in [-0.2, -0.15) is 0 Å². The highest BCUT2D eigenvalue weighted by Crippen LogP contribution is 2.22. The van der Waals surface area contributed by atoms with E-state index in [1.165, 1.54) is 29.1 Å². The summed E-state index contributed by atoms with van der Waals surface area (Å²) in [5, 5.41) is 6.73. The number of benzene rings is 1. The van der Waals surface area contributed by atoms with Gasteiger partial charge in [-0.05, 0) is 12.1 Å². The summed E-state index contributed by atoms with van der Waals surface area (Å²) in [6.45, 7) is 0. The Balaban J connectivity index is 1.77. The van der Waals surface area contributed by atoms with E-state index < -0.39 is 11.6 Å². The summed E-state index contributed by atoms with van der Waals surface area (Å²) < 4.78 is 28.2. The van der Waals surface area contributed by atoms with Crippen LogP contribution >= 0.6 is 15.9 Å². The highest BCUT2D eigenvalue weighted by atomic mass is 79.9. The van der Waals surface area contributed by atoms with Crippen molar-refractivity contribution in [2.24, 2.45) is 5.92 Å². The number of nitrogens with zero attached hydrogens (tertiary/aromatic N) is 2. The lowest BCUT2D eigenvalue weighted by molar-refractivity contribution is -0.118. The van der Waals surface area contributed by atoms with Crippen LogP contribution in [0.25, 0.3) is 5.69 Å². The molecule has 3 rings (SSSR count). The van der Waals surface area contributed by atoms with Gasteiger partial charge < -0.3 is 5.32 Å². The summed E-state index contributed by atoms with van der Waals surface area (Å²) in [6, 6.07) is 5.35. The van der Waals surface area contributed by atoms with E-state index in [0.717, 1.165) is 6.07 Å². The molecule has 1 aliphatic rings. The molecule has 1 aromatic carbocycles. The first-order valence-corrected chi connectivity index (χ1v) is 7.78. The number of nitrogens with one attached hydrogen (secondary N) is 1. The number of rotatable bonds is 3. The normalized spacial score (nSPS) is 19.8. The van der Waals surface area contributed by atoms with E-state index >= 15 is 0 Å². The lowest BCUT2D eigenvalue weighted by atomic mass is 10.00. The Morgan fingerprint density at radius 1 is 1.22 bits per heavy atom. The van der Waals surface area contributed by atoms with Gasteiger partial charge in [0.1, 0.15) is 5.69 Å². The zero-order valence-corrected chi connectivity index (χ0v) is 13.4. The fraction of sp³-hybridized carbons (Fsp3) is 0.125. The van der Waals surface area contributed by atoms with Crippen LogP contribution in [-0.2, 0) is 4.79 Å². The molecule has 0 saturated heterocycles. The van der Waals surface area contributed by atoms with Crippen molar-refractivity contribution in [3.05, 3.63) is 66.4 Å². The van der Waals surface area contributed by atoms with Gasteiger partial charge in [0.05, 0.1) is 5.92 Å². The number of carbonyl (C=O) groups excluding carboxylic acids is 1. The molecule has 0 aliphatic heterocycles. The first-order valence-electron chi connectivity index (χ1n) is 6.86. The average Bonchev–Trinajstić information content (AvgIpc) is 2.98. The number of aromatic nitrogens is 2. The van der Waals surface area contributed by atoms with Crippen molar-refractivity contribution < 1.29 is 13.6 Å². The van der Waals surface area contributed by atoms with Crippen molar-refractivity contribution in [3.63, 3.8) is 0 Å². The molecule has 1 amide bonds. The second-order valence-electron chi connectivity index (χ2n) is 4.95. The summed E-state index contributed by atoms with van der Waals surface area (Å²) in [7, 11) is 0. The predicted octanol–water partition coefficient (Wildman–Crippen LogP) is 3.59. The predicted molar refractivity (Wildman–Crippen MR) is 86.6 cm³/mol. The number of hydrogen-bond acceptors (Lipinski definition) is 2. The Kier molecular flexibility index (Phi) is 4.38. The minimum Gasteiger partial charge on any atom is -0.309 e. The van der Waals surface area contributed by atoms with E-state index in [2.05, 4.69) is 26.3 Å². The molecular weight excluding hydrogens is 368 g/mol. The Labute approximate surface area is 139 Å². The molecule has 2 unspecified atom stereocenters. The first-order chi connectivity index (χ1) is 11.1. The molecule has 0 bridgehead atoms. The van der Waals surface area contributed by atoms with Gasteiger partial charge in [0.2, 0.25) is 5.91 Å². The third kappa shape index (κ3) is 3.24. The van der Waals surface area contributed by atoms with Gasteiger partial charge in [-0.1, -0.05) is 46.3 Å². The molecule has 1 N–H and O–H groups in total. The molecular formula is C16H12BrF2N3O. The lowest BCUT2D eigenvalue weighted by Crippen LogP contribution is -2.28. The highest BCUT2D eigenvalue weighted by Gasteiger charge is 2.24. The molecule has 7 heteroatoms. The van der Waals surface area contributed by atoms with E-state index in [1.54, 1.807) is 12.2 Å². The fourth-order valence-electron chi connectivity index (χ4n) is 2.22. The van der Waals surface area contributed by atoms with Crippen molar-refractivity contribution in [2.75, 3.05) is 5.32 Å². The third-order valence-electron chi connectivity index (χ3n) is 3.39. The number of hydrogen-bond donors (Lipinski definition) is 1. The Bertz CT molecular complexity index is 800. The quantitative estimate of drug-likeness (QED) is 0.828. The smallest absolute Gasteiger partial charge is 0.233 e. The molecule has 1 heterocycles. The minimum absolute atomic E-state index is 0.0237. The monoisotopic (exact) mass is 379 g/mol. The molecule has 4 nitrogen and oxygen atoms in total. The molecule has 1 aromatic heterocycles. The molecule has 2 atom stereocenters. The first kappa shape index (κ1) is 15.6. The number of anilines is 1. The van der Waals surface area contributed by atoms with E-state index in [1.807, 2.05) is 12.2 Å².